The first-order valence-electron chi connectivity index (χ1n) is 7.51. The lowest BCUT2D eigenvalue weighted by molar-refractivity contribution is -0.212. The number of nitrogens with zero attached hydrogens (tertiary/aromatic N) is 1. The van der Waals surface area contributed by atoms with Gasteiger partial charge in [-0.2, -0.15) is 0 Å². The maximum Gasteiger partial charge on any atom is 0.254 e. The van der Waals surface area contributed by atoms with Crippen LogP contribution in [0.15, 0.2) is 30.3 Å². The Hall–Kier alpha value is -1.47. The van der Waals surface area contributed by atoms with E-state index in [-0.39, 0.29) is 24.6 Å². The smallest absolute Gasteiger partial charge is 0.254 e. The molecule has 5 atom stereocenters. The molecule has 0 aromatic heterocycles. The van der Waals surface area contributed by atoms with Gasteiger partial charge in [-0.3, -0.25) is 4.79 Å². The fourth-order valence-electron chi connectivity index (χ4n) is 3.58. The van der Waals surface area contributed by atoms with Crippen molar-refractivity contribution in [3.05, 3.63) is 35.9 Å². The van der Waals surface area contributed by atoms with Crippen LogP contribution in [0.1, 0.15) is 24.2 Å². The number of rotatable bonds is 1. The van der Waals surface area contributed by atoms with Crippen molar-refractivity contribution in [2.24, 2.45) is 0 Å². The molecule has 1 amide bonds. The Morgan fingerprint density at radius 3 is 2.68 bits per heavy atom. The standard InChI is InChI=1S/C16H19NO5/c1-16(2)21-13-11-12(20-15(13)22-16)10(18)8-17(11)14(19)9-6-4-3-5-7-9/h3-7,10-13,15,18H,8H2,1-2H3/t10?,11-,12+,13+,15+/m0/s1. The van der Waals surface area contributed by atoms with E-state index in [0.717, 1.165) is 0 Å². The molecule has 3 aliphatic rings. The van der Waals surface area contributed by atoms with Gasteiger partial charge in [0.2, 0.25) is 0 Å². The summed E-state index contributed by atoms with van der Waals surface area (Å²) in [5.41, 5.74) is 0.594. The number of amides is 1. The monoisotopic (exact) mass is 305 g/mol. The average Bonchev–Trinajstić information content (AvgIpc) is 3.07. The van der Waals surface area contributed by atoms with Crippen molar-refractivity contribution in [2.75, 3.05) is 6.54 Å². The molecule has 3 aliphatic heterocycles. The third-order valence-corrected chi connectivity index (χ3v) is 4.46. The van der Waals surface area contributed by atoms with E-state index in [4.69, 9.17) is 14.2 Å². The molecule has 3 saturated heterocycles. The maximum absolute atomic E-state index is 12.7. The van der Waals surface area contributed by atoms with Gasteiger partial charge in [-0.1, -0.05) is 18.2 Å². The van der Waals surface area contributed by atoms with Crippen LogP contribution in [0.25, 0.3) is 0 Å². The van der Waals surface area contributed by atoms with Crippen molar-refractivity contribution in [1.29, 1.82) is 0 Å². The topological polar surface area (TPSA) is 68.2 Å². The van der Waals surface area contributed by atoms with Gasteiger partial charge in [-0.15, -0.1) is 0 Å². The maximum atomic E-state index is 12.7. The number of likely N-dealkylation sites (tertiary alicyclic amines) is 1. The van der Waals surface area contributed by atoms with Gasteiger partial charge in [0.1, 0.15) is 12.2 Å². The number of hydrogen-bond donors (Lipinski definition) is 1. The van der Waals surface area contributed by atoms with Crippen LogP contribution in [-0.2, 0) is 14.2 Å². The molecule has 1 aromatic rings. The van der Waals surface area contributed by atoms with Gasteiger partial charge in [0.05, 0.1) is 18.7 Å². The third-order valence-electron chi connectivity index (χ3n) is 4.46. The fraction of sp³-hybridized carbons (Fsp3) is 0.562. The summed E-state index contributed by atoms with van der Waals surface area (Å²) >= 11 is 0. The van der Waals surface area contributed by atoms with E-state index in [0.29, 0.717) is 5.56 Å². The van der Waals surface area contributed by atoms with Crippen LogP contribution >= 0.6 is 0 Å². The van der Waals surface area contributed by atoms with E-state index in [2.05, 4.69) is 0 Å². The second-order valence-electron chi connectivity index (χ2n) is 6.45. The van der Waals surface area contributed by atoms with Crippen LogP contribution in [0.5, 0.6) is 0 Å². The number of β-amino-alcohol motifs (C(OH)–C–C–N with tert-alkyl or cyclic N) is 1. The number of fused-ring (bicyclic) bond motifs is 3. The molecule has 22 heavy (non-hydrogen) atoms. The predicted molar refractivity (Wildman–Crippen MR) is 76.0 cm³/mol. The molecule has 0 aliphatic carbocycles. The van der Waals surface area contributed by atoms with E-state index < -0.39 is 24.3 Å². The zero-order chi connectivity index (χ0) is 15.5. The van der Waals surface area contributed by atoms with Crippen molar-refractivity contribution >= 4 is 5.91 Å². The lowest BCUT2D eigenvalue weighted by atomic mass is 10.1. The Balaban J connectivity index is 1.63. The molecule has 3 heterocycles. The number of benzene rings is 1. The second-order valence-corrected chi connectivity index (χ2v) is 6.45. The average molecular weight is 305 g/mol. The van der Waals surface area contributed by atoms with E-state index in [1.165, 1.54) is 0 Å². The summed E-state index contributed by atoms with van der Waals surface area (Å²) < 4.78 is 17.4. The van der Waals surface area contributed by atoms with Crippen molar-refractivity contribution in [3.63, 3.8) is 0 Å². The van der Waals surface area contributed by atoms with Gasteiger partial charge in [0.15, 0.2) is 12.1 Å². The second kappa shape index (κ2) is 4.76. The largest absolute Gasteiger partial charge is 0.388 e. The summed E-state index contributed by atoms with van der Waals surface area (Å²) in [5.74, 6) is -0.861. The van der Waals surface area contributed by atoms with Crippen molar-refractivity contribution in [3.8, 4) is 0 Å². The predicted octanol–water partition coefficient (Wildman–Crippen LogP) is 0.748. The SMILES string of the molecule is CC1(C)O[C@H]2O[C@@H]3C(O)CN(C(=O)c4ccccc4)[C@@H]3[C@H]2O1. The number of carbonyl (C=O) groups is 1. The van der Waals surface area contributed by atoms with Crippen LogP contribution < -0.4 is 0 Å². The first kappa shape index (κ1) is 14.1. The highest BCUT2D eigenvalue weighted by atomic mass is 16.8. The summed E-state index contributed by atoms with van der Waals surface area (Å²) in [5, 5.41) is 10.2. The number of aliphatic hydroxyl groups is 1. The van der Waals surface area contributed by atoms with E-state index in [9.17, 15) is 9.90 Å². The molecule has 1 aromatic carbocycles. The Kier molecular flexibility index (Phi) is 3.06. The zero-order valence-corrected chi connectivity index (χ0v) is 12.5. The molecule has 0 bridgehead atoms. The molecule has 1 N–H and O–H groups in total. The summed E-state index contributed by atoms with van der Waals surface area (Å²) in [7, 11) is 0. The highest BCUT2D eigenvalue weighted by Crippen LogP contribution is 2.43. The first-order chi connectivity index (χ1) is 10.5. The van der Waals surface area contributed by atoms with Crippen molar-refractivity contribution in [1.82, 2.24) is 4.90 Å². The normalized spacial score (nSPS) is 38.9. The molecular weight excluding hydrogens is 286 g/mol. The van der Waals surface area contributed by atoms with Crippen LogP contribution in [-0.4, -0.2) is 58.9 Å². The lowest BCUT2D eigenvalue weighted by Crippen LogP contribution is -2.45. The Morgan fingerprint density at radius 1 is 1.23 bits per heavy atom. The fourth-order valence-corrected chi connectivity index (χ4v) is 3.58. The quantitative estimate of drug-likeness (QED) is 0.829. The molecule has 118 valence electrons. The number of ether oxygens (including phenoxy) is 3. The molecule has 3 fully saturated rings. The summed E-state index contributed by atoms with van der Waals surface area (Å²) in [6.45, 7) is 3.88. The highest BCUT2D eigenvalue weighted by Gasteiger charge is 2.62. The van der Waals surface area contributed by atoms with Gasteiger partial charge in [0.25, 0.3) is 5.91 Å². The van der Waals surface area contributed by atoms with E-state index >= 15 is 0 Å². The minimum Gasteiger partial charge on any atom is -0.388 e. The highest BCUT2D eigenvalue weighted by molar-refractivity contribution is 5.94. The van der Waals surface area contributed by atoms with Crippen molar-refractivity contribution in [2.45, 2.75) is 50.3 Å². The molecule has 0 spiro atoms. The Bertz CT molecular complexity index is 589. The van der Waals surface area contributed by atoms with Crippen LogP contribution in [0, 0.1) is 0 Å². The van der Waals surface area contributed by atoms with Crippen LogP contribution in [0.4, 0.5) is 0 Å². The Morgan fingerprint density at radius 2 is 1.95 bits per heavy atom. The molecule has 4 rings (SSSR count). The van der Waals surface area contributed by atoms with Crippen LogP contribution in [0.3, 0.4) is 0 Å². The van der Waals surface area contributed by atoms with Gasteiger partial charge in [0, 0.05) is 5.56 Å². The zero-order valence-electron chi connectivity index (χ0n) is 12.5. The van der Waals surface area contributed by atoms with Crippen LogP contribution in [0.2, 0.25) is 0 Å². The molecule has 6 nitrogen and oxygen atoms in total. The number of hydrogen-bond acceptors (Lipinski definition) is 5. The Labute approximate surface area is 128 Å². The van der Waals surface area contributed by atoms with E-state index in [1.54, 1.807) is 17.0 Å². The summed E-state index contributed by atoms with van der Waals surface area (Å²) in [6.07, 6.45) is -2.09. The number of aliphatic hydroxyl groups excluding tert-OH is 1. The molecule has 1 unspecified atom stereocenters. The summed E-state index contributed by atoms with van der Waals surface area (Å²) in [6, 6.07) is 8.72. The minimum atomic E-state index is -0.741. The third kappa shape index (κ3) is 2.06. The van der Waals surface area contributed by atoms with E-state index in [1.807, 2.05) is 32.0 Å². The number of carbonyl (C=O) groups excluding carboxylic acids is 1. The molecular formula is C16H19NO5. The van der Waals surface area contributed by atoms with Gasteiger partial charge < -0.3 is 24.2 Å². The lowest BCUT2D eigenvalue weighted by Gasteiger charge is -2.27. The molecule has 6 heteroatoms. The summed E-state index contributed by atoms with van der Waals surface area (Å²) in [4.78, 5) is 14.4. The first-order valence-corrected chi connectivity index (χ1v) is 7.51. The van der Waals surface area contributed by atoms with Gasteiger partial charge >= 0.3 is 0 Å². The minimum absolute atomic E-state index is 0.121. The molecule has 0 radical (unpaired) electrons. The van der Waals surface area contributed by atoms with Crippen molar-refractivity contribution < 1.29 is 24.1 Å². The van der Waals surface area contributed by atoms with Gasteiger partial charge in [-0.05, 0) is 26.0 Å². The molecule has 0 saturated carbocycles. The van der Waals surface area contributed by atoms with Gasteiger partial charge in [-0.25, -0.2) is 0 Å².